The molecule has 0 unspecified atom stereocenters. The first-order valence-electron chi connectivity index (χ1n) is 7.65. The van der Waals surface area contributed by atoms with Crippen molar-refractivity contribution in [2.45, 2.75) is 6.10 Å². The van der Waals surface area contributed by atoms with Gasteiger partial charge in [-0.15, -0.1) is 0 Å². The zero-order valence-electron chi connectivity index (χ0n) is 13.0. The molecule has 0 saturated carbocycles. The molecule has 1 atom stereocenters. The summed E-state index contributed by atoms with van der Waals surface area (Å²) in [5.74, 6) is 1.36. The molecule has 2 N–H and O–H groups in total. The first-order valence-corrected chi connectivity index (χ1v) is 7.65. The normalized spacial score (nSPS) is 11.7. The van der Waals surface area contributed by atoms with Gasteiger partial charge >= 0.3 is 0 Å². The average molecular weight is 319 g/mol. The standard InChI is InChI=1S/C19H17N3O2/c20-10-14-8-9-19(21-11-14)22-12-16(23)13-24-18-7-3-5-15-4-1-2-6-17(15)18/h1-9,11,16,23H,12-13H2,(H,21,22)/t16-/m0/s1. The maximum atomic E-state index is 10.1. The van der Waals surface area contributed by atoms with Crippen LogP contribution in [-0.2, 0) is 0 Å². The van der Waals surface area contributed by atoms with Gasteiger partial charge in [-0.05, 0) is 23.6 Å². The fourth-order valence-electron chi connectivity index (χ4n) is 2.35. The molecule has 0 saturated heterocycles. The monoisotopic (exact) mass is 319 g/mol. The molecule has 3 rings (SSSR count). The molecule has 0 aliphatic carbocycles. The summed E-state index contributed by atoms with van der Waals surface area (Å²) < 4.78 is 5.75. The molecule has 5 nitrogen and oxygen atoms in total. The third kappa shape index (κ3) is 3.80. The van der Waals surface area contributed by atoms with E-state index in [-0.39, 0.29) is 6.61 Å². The van der Waals surface area contributed by atoms with Gasteiger partial charge in [-0.1, -0.05) is 36.4 Å². The summed E-state index contributed by atoms with van der Waals surface area (Å²) in [7, 11) is 0. The smallest absolute Gasteiger partial charge is 0.127 e. The second-order valence-corrected chi connectivity index (χ2v) is 5.37. The number of ether oxygens (including phenoxy) is 1. The molecule has 1 aromatic heterocycles. The third-order valence-corrected chi connectivity index (χ3v) is 3.59. The number of nitrogens with zero attached hydrogens (tertiary/aromatic N) is 2. The van der Waals surface area contributed by atoms with E-state index in [4.69, 9.17) is 10.00 Å². The first-order chi connectivity index (χ1) is 11.8. The number of pyridine rings is 1. The number of nitrogens with one attached hydrogen (secondary N) is 1. The summed E-state index contributed by atoms with van der Waals surface area (Å²) in [4.78, 5) is 4.10. The minimum atomic E-state index is -0.679. The molecule has 0 amide bonds. The summed E-state index contributed by atoms with van der Waals surface area (Å²) >= 11 is 0. The van der Waals surface area contributed by atoms with E-state index in [1.54, 1.807) is 12.1 Å². The van der Waals surface area contributed by atoms with Crippen molar-refractivity contribution in [1.82, 2.24) is 4.98 Å². The number of aromatic nitrogens is 1. The van der Waals surface area contributed by atoms with Crippen LogP contribution < -0.4 is 10.1 Å². The maximum absolute atomic E-state index is 10.1. The van der Waals surface area contributed by atoms with Crippen LogP contribution in [0.4, 0.5) is 5.82 Å². The van der Waals surface area contributed by atoms with Crippen LogP contribution in [0.5, 0.6) is 5.75 Å². The average Bonchev–Trinajstić information content (AvgIpc) is 2.65. The number of aliphatic hydroxyl groups excluding tert-OH is 1. The molecule has 0 bridgehead atoms. The fraction of sp³-hybridized carbons (Fsp3) is 0.158. The molecule has 0 radical (unpaired) electrons. The van der Waals surface area contributed by atoms with Crippen molar-refractivity contribution in [2.75, 3.05) is 18.5 Å². The molecule has 0 aliphatic heterocycles. The number of benzene rings is 2. The van der Waals surface area contributed by atoms with Crippen LogP contribution in [0, 0.1) is 11.3 Å². The van der Waals surface area contributed by atoms with Crippen molar-refractivity contribution in [3.8, 4) is 11.8 Å². The lowest BCUT2D eigenvalue weighted by molar-refractivity contribution is 0.118. The predicted octanol–water partition coefficient (Wildman–Crippen LogP) is 2.96. The number of aliphatic hydroxyl groups is 1. The fourth-order valence-corrected chi connectivity index (χ4v) is 2.35. The second-order valence-electron chi connectivity index (χ2n) is 5.37. The van der Waals surface area contributed by atoms with Gasteiger partial charge in [-0.25, -0.2) is 4.98 Å². The lowest BCUT2D eigenvalue weighted by atomic mass is 10.1. The van der Waals surface area contributed by atoms with E-state index in [0.717, 1.165) is 16.5 Å². The molecule has 3 aromatic rings. The van der Waals surface area contributed by atoms with Gasteiger partial charge in [0.2, 0.25) is 0 Å². The zero-order chi connectivity index (χ0) is 16.8. The van der Waals surface area contributed by atoms with Gasteiger partial charge < -0.3 is 15.2 Å². The largest absolute Gasteiger partial charge is 0.490 e. The highest BCUT2D eigenvalue weighted by atomic mass is 16.5. The minimum absolute atomic E-state index is 0.178. The van der Waals surface area contributed by atoms with Gasteiger partial charge in [-0.3, -0.25) is 0 Å². The Morgan fingerprint density at radius 1 is 1.12 bits per heavy atom. The lowest BCUT2D eigenvalue weighted by Crippen LogP contribution is -2.26. The van der Waals surface area contributed by atoms with Gasteiger partial charge in [0.15, 0.2) is 0 Å². The van der Waals surface area contributed by atoms with Crippen molar-refractivity contribution < 1.29 is 9.84 Å². The third-order valence-electron chi connectivity index (χ3n) is 3.59. The lowest BCUT2D eigenvalue weighted by Gasteiger charge is -2.15. The Morgan fingerprint density at radius 2 is 1.96 bits per heavy atom. The van der Waals surface area contributed by atoms with Crippen molar-refractivity contribution in [2.24, 2.45) is 0 Å². The van der Waals surface area contributed by atoms with Gasteiger partial charge in [0.1, 0.15) is 30.3 Å². The van der Waals surface area contributed by atoms with Gasteiger partial charge in [0.05, 0.1) is 5.56 Å². The Balaban J connectivity index is 1.55. The van der Waals surface area contributed by atoms with Crippen LogP contribution in [-0.4, -0.2) is 29.3 Å². The maximum Gasteiger partial charge on any atom is 0.127 e. The summed E-state index contributed by atoms with van der Waals surface area (Å²) in [6.45, 7) is 0.487. The zero-order valence-corrected chi connectivity index (χ0v) is 13.0. The van der Waals surface area contributed by atoms with Gasteiger partial charge in [0.25, 0.3) is 0 Å². The molecule has 120 valence electrons. The summed E-state index contributed by atoms with van der Waals surface area (Å²) in [6, 6.07) is 19.2. The number of hydrogen-bond donors (Lipinski definition) is 2. The Labute approximate surface area is 140 Å². The number of nitriles is 1. The first kappa shape index (κ1) is 15.8. The number of fused-ring (bicyclic) bond motifs is 1. The van der Waals surface area contributed by atoms with Crippen molar-refractivity contribution in [3.05, 3.63) is 66.4 Å². The van der Waals surface area contributed by atoms with Gasteiger partial charge in [-0.2, -0.15) is 5.26 Å². The number of hydrogen-bond acceptors (Lipinski definition) is 5. The molecule has 2 aromatic carbocycles. The van der Waals surface area contributed by atoms with Crippen LogP contribution in [0.1, 0.15) is 5.56 Å². The minimum Gasteiger partial charge on any atom is -0.490 e. The molecule has 0 fully saturated rings. The van der Waals surface area contributed by atoms with Crippen LogP contribution in [0.15, 0.2) is 60.8 Å². The molecule has 1 heterocycles. The van der Waals surface area contributed by atoms with Crippen LogP contribution in [0.25, 0.3) is 10.8 Å². The van der Waals surface area contributed by atoms with Crippen LogP contribution in [0.3, 0.4) is 0 Å². The molecular formula is C19H17N3O2. The highest BCUT2D eigenvalue weighted by Crippen LogP contribution is 2.25. The summed E-state index contributed by atoms with van der Waals surface area (Å²) in [6.07, 6.45) is 0.808. The Kier molecular flexibility index (Phi) is 4.90. The summed E-state index contributed by atoms with van der Waals surface area (Å²) in [5, 5.41) is 24.0. The van der Waals surface area contributed by atoms with E-state index < -0.39 is 6.10 Å². The number of rotatable bonds is 6. The molecule has 24 heavy (non-hydrogen) atoms. The van der Waals surface area contributed by atoms with Crippen LogP contribution >= 0.6 is 0 Å². The van der Waals surface area contributed by atoms with Crippen LogP contribution in [0.2, 0.25) is 0 Å². The second kappa shape index (κ2) is 7.44. The Hall–Kier alpha value is -3.10. The van der Waals surface area contributed by atoms with Crippen molar-refractivity contribution >= 4 is 16.6 Å². The van der Waals surface area contributed by atoms with E-state index in [1.807, 2.05) is 48.5 Å². The SMILES string of the molecule is N#Cc1ccc(NC[C@H](O)COc2cccc3ccccc23)nc1. The van der Waals surface area contributed by atoms with E-state index in [2.05, 4.69) is 10.3 Å². The summed E-state index contributed by atoms with van der Waals surface area (Å²) in [5.41, 5.74) is 0.500. The molecular weight excluding hydrogens is 302 g/mol. The highest BCUT2D eigenvalue weighted by molar-refractivity contribution is 5.88. The van der Waals surface area contributed by atoms with Crippen molar-refractivity contribution in [3.63, 3.8) is 0 Å². The van der Waals surface area contributed by atoms with Gasteiger partial charge in [0, 0.05) is 18.1 Å². The molecule has 5 heteroatoms. The highest BCUT2D eigenvalue weighted by Gasteiger charge is 2.07. The van der Waals surface area contributed by atoms with E-state index in [0.29, 0.717) is 17.9 Å². The van der Waals surface area contributed by atoms with E-state index in [1.165, 1.54) is 6.20 Å². The Bertz CT molecular complexity index is 851. The predicted molar refractivity (Wildman–Crippen MR) is 92.9 cm³/mol. The molecule has 0 aliphatic rings. The quantitative estimate of drug-likeness (QED) is 0.730. The Morgan fingerprint density at radius 3 is 2.75 bits per heavy atom. The van der Waals surface area contributed by atoms with E-state index in [9.17, 15) is 5.11 Å². The topological polar surface area (TPSA) is 78.2 Å². The molecule has 0 spiro atoms. The van der Waals surface area contributed by atoms with Crippen molar-refractivity contribution in [1.29, 1.82) is 5.26 Å². The van der Waals surface area contributed by atoms with E-state index >= 15 is 0 Å². The number of anilines is 1.